The lowest BCUT2D eigenvalue weighted by Gasteiger charge is -1.95. The molecule has 0 rings (SSSR count). The Kier molecular flexibility index (Phi) is 10.4. The molecule has 0 aliphatic heterocycles. The Morgan fingerprint density at radius 2 is 1.31 bits per heavy atom. The van der Waals surface area contributed by atoms with Gasteiger partial charge in [0.2, 0.25) is 0 Å². The van der Waals surface area contributed by atoms with Gasteiger partial charge in [0.05, 0.1) is 14.2 Å². The van der Waals surface area contributed by atoms with Crippen molar-refractivity contribution in [2.75, 3.05) is 14.2 Å². The van der Waals surface area contributed by atoms with E-state index in [4.69, 9.17) is 0 Å². The van der Waals surface area contributed by atoms with E-state index >= 15 is 0 Å². The van der Waals surface area contributed by atoms with Crippen molar-refractivity contribution >= 4 is 17.7 Å². The van der Waals surface area contributed by atoms with Crippen molar-refractivity contribution in [2.24, 2.45) is 0 Å². The largest absolute Gasteiger partial charge is 0.469 e. The number of ketones is 1. The van der Waals surface area contributed by atoms with Crippen molar-refractivity contribution in [3.63, 3.8) is 0 Å². The third kappa shape index (κ3) is 14.9. The van der Waals surface area contributed by atoms with E-state index in [-0.39, 0.29) is 12.2 Å². The molecule has 0 radical (unpaired) electrons. The number of esters is 2. The summed E-state index contributed by atoms with van der Waals surface area (Å²) < 4.78 is 8.37. The van der Waals surface area contributed by atoms with Gasteiger partial charge >= 0.3 is 11.9 Å². The zero-order chi connectivity index (χ0) is 13.1. The smallest absolute Gasteiger partial charge is 0.316 e. The van der Waals surface area contributed by atoms with Gasteiger partial charge in [-0.25, -0.2) is 0 Å². The van der Waals surface area contributed by atoms with Gasteiger partial charge in [0.25, 0.3) is 0 Å². The highest BCUT2D eigenvalue weighted by molar-refractivity contribution is 5.90. The molecule has 5 nitrogen and oxygen atoms in total. The summed E-state index contributed by atoms with van der Waals surface area (Å²) >= 11 is 0. The minimum atomic E-state index is -0.582. The van der Waals surface area contributed by atoms with Crippen LogP contribution in [0, 0.1) is 0 Å². The summed E-state index contributed by atoms with van der Waals surface area (Å²) in [4.78, 5) is 30.7. The van der Waals surface area contributed by atoms with Crippen LogP contribution >= 0.6 is 0 Å². The van der Waals surface area contributed by atoms with Gasteiger partial charge in [0.15, 0.2) is 5.78 Å². The summed E-state index contributed by atoms with van der Waals surface area (Å²) in [7, 11) is 2.43. The van der Waals surface area contributed by atoms with Crippen LogP contribution in [0.1, 0.15) is 27.2 Å². The molecule has 0 aromatic heterocycles. The van der Waals surface area contributed by atoms with Gasteiger partial charge in [-0.15, -0.1) is 0 Å². The van der Waals surface area contributed by atoms with Crippen molar-refractivity contribution in [1.29, 1.82) is 0 Å². The first-order valence-electron chi connectivity index (χ1n) is 4.62. The van der Waals surface area contributed by atoms with E-state index < -0.39 is 11.9 Å². The van der Waals surface area contributed by atoms with Crippen LogP contribution in [-0.4, -0.2) is 31.9 Å². The molecule has 5 heteroatoms. The van der Waals surface area contributed by atoms with Gasteiger partial charge in [-0.05, 0) is 26.8 Å². The molecular formula is C11H18O5. The third-order valence-corrected chi connectivity index (χ3v) is 1.24. The zero-order valence-electron chi connectivity index (χ0n) is 10.3. The van der Waals surface area contributed by atoms with Crippen LogP contribution in [0.4, 0.5) is 0 Å². The highest BCUT2D eigenvalue weighted by Gasteiger charge is 2.07. The molecule has 16 heavy (non-hydrogen) atoms. The molecule has 92 valence electrons. The fourth-order valence-corrected chi connectivity index (χ4v) is 0.669. The van der Waals surface area contributed by atoms with E-state index in [1.54, 1.807) is 13.0 Å². The standard InChI is InChI=1S/C6H10O.C5H8O4/c1-5(2)4-6(3)7;1-8-4(6)3-5(7)9-2/h4H,1-3H3;3H2,1-2H3. The quantitative estimate of drug-likeness (QED) is 0.415. The Balaban J connectivity index is 0. The maximum absolute atomic E-state index is 10.3. The molecule has 0 aromatic carbocycles. The van der Waals surface area contributed by atoms with Crippen molar-refractivity contribution in [2.45, 2.75) is 27.2 Å². The average Bonchev–Trinajstić information content (AvgIpc) is 2.16. The molecule has 0 amide bonds. The van der Waals surface area contributed by atoms with Gasteiger partial charge in [0, 0.05) is 0 Å². The zero-order valence-corrected chi connectivity index (χ0v) is 10.3. The van der Waals surface area contributed by atoms with Crippen molar-refractivity contribution in [3.05, 3.63) is 11.6 Å². The van der Waals surface area contributed by atoms with Crippen molar-refractivity contribution in [1.82, 2.24) is 0 Å². The number of hydrogen-bond donors (Lipinski definition) is 0. The predicted molar refractivity (Wildman–Crippen MR) is 58.8 cm³/mol. The van der Waals surface area contributed by atoms with Gasteiger partial charge in [-0.1, -0.05) is 5.57 Å². The Bertz CT molecular complexity index is 260. The topological polar surface area (TPSA) is 69.7 Å². The Morgan fingerprint density at radius 3 is 1.44 bits per heavy atom. The van der Waals surface area contributed by atoms with Crippen LogP contribution in [0.25, 0.3) is 0 Å². The lowest BCUT2D eigenvalue weighted by molar-refractivity contribution is -0.151. The van der Waals surface area contributed by atoms with Crippen molar-refractivity contribution < 1.29 is 23.9 Å². The highest BCUT2D eigenvalue weighted by atomic mass is 16.5. The minimum absolute atomic E-state index is 0.125. The SMILES string of the molecule is CC(=O)C=C(C)C.COC(=O)CC(=O)OC. The molecule has 0 aliphatic carbocycles. The fraction of sp³-hybridized carbons (Fsp3) is 0.545. The van der Waals surface area contributed by atoms with E-state index in [0.29, 0.717) is 0 Å². The van der Waals surface area contributed by atoms with E-state index in [2.05, 4.69) is 9.47 Å². The van der Waals surface area contributed by atoms with Crippen LogP contribution in [0.5, 0.6) is 0 Å². The van der Waals surface area contributed by atoms with Crippen LogP contribution in [0.2, 0.25) is 0 Å². The number of ether oxygens (including phenoxy) is 2. The molecule has 0 bridgehead atoms. The summed E-state index contributed by atoms with van der Waals surface area (Å²) in [5, 5.41) is 0. The number of methoxy groups -OCH3 is 2. The number of carbonyl (C=O) groups is 3. The van der Waals surface area contributed by atoms with E-state index in [0.717, 1.165) is 5.57 Å². The number of rotatable bonds is 3. The number of hydrogen-bond acceptors (Lipinski definition) is 5. The maximum atomic E-state index is 10.3. The average molecular weight is 230 g/mol. The summed E-state index contributed by atoms with van der Waals surface area (Å²) in [6.45, 7) is 5.36. The summed E-state index contributed by atoms with van der Waals surface area (Å²) in [5.41, 5.74) is 1.06. The monoisotopic (exact) mass is 230 g/mol. The second-order valence-corrected chi connectivity index (χ2v) is 3.16. The first-order valence-corrected chi connectivity index (χ1v) is 4.62. The predicted octanol–water partition coefficient (Wildman–Crippen LogP) is 1.26. The van der Waals surface area contributed by atoms with E-state index in [9.17, 15) is 14.4 Å². The van der Waals surface area contributed by atoms with Gasteiger partial charge in [-0.2, -0.15) is 0 Å². The Hall–Kier alpha value is -1.65. The van der Waals surface area contributed by atoms with Gasteiger partial charge in [-0.3, -0.25) is 14.4 Å². The Morgan fingerprint density at radius 1 is 0.938 bits per heavy atom. The third-order valence-electron chi connectivity index (χ3n) is 1.24. The van der Waals surface area contributed by atoms with E-state index in [1.807, 2.05) is 13.8 Å². The molecular weight excluding hydrogens is 212 g/mol. The summed E-state index contributed by atoms with van der Waals surface area (Å²) in [6, 6.07) is 0. The molecule has 0 aromatic rings. The van der Waals surface area contributed by atoms with Crippen LogP contribution in [0.15, 0.2) is 11.6 Å². The van der Waals surface area contributed by atoms with E-state index in [1.165, 1.54) is 14.2 Å². The summed E-state index contributed by atoms with van der Waals surface area (Å²) in [6.07, 6.45) is 1.30. The highest BCUT2D eigenvalue weighted by Crippen LogP contribution is 1.86. The first-order chi connectivity index (χ1) is 7.33. The molecule has 0 atom stereocenters. The first kappa shape index (κ1) is 16.8. The van der Waals surface area contributed by atoms with Crippen molar-refractivity contribution in [3.8, 4) is 0 Å². The molecule has 0 saturated carbocycles. The van der Waals surface area contributed by atoms with Crippen LogP contribution < -0.4 is 0 Å². The number of carbonyl (C=O) groups excluding carboxylic acids is 3. The molecule has 0 spiro atoms. The van der Waals surface area contributed by atoms with Crippen LogP contribution in [0.3, 0.4) is 0 Å². The second kappa shape index (κ2) is 9.89. The fourth-order valence-electron chi connectivity index (χ4n) is 0.669. The van der Waals surface area contributed by atoms with Gasteiger partial charge in [0.1, 0.15) is 6.42 Å². The normalized spacial score (nSPS) is 8.06. The molecule has 0 unspecified atom stereocenters. The lowest BCUT2D eigenvalue weighted by Crippen LogP contribution is -2.09. The molecule has 0 fully saturated rings. The lowest BCUT2D eigenvalue weighted by atomic mass is 10.3. The van der Waals surface area contributed by atoms with Gasteiger partial charge < -0.3 is 9.47 Å². The molecule has 0 aliphatic rings. The Labute approximate surface area is 95.4 Å². The summed E-state index contributed by atoms with van der Waals surface area (Å²) in [5.74, 6) is -1.04. The maximum Gasteiger partial charge on any atom is 0.316 e. The molecule has 0 N–H and O–H groups in total. The molecule has 0 heterocycles. The second-order valence-electron chi connectivity index (χ2n) is 3.16. The minimum Gasteiger partial charge on any atom is -0.469 e. The number of allylic oxidation sites excluding steroid dienone is 2. The molecule has 0 saturated heterocycles. The van der Waals surface area contributed by atoms with Crippen LogP contribution in [-0.2, 0) is 23.9 Å².